The van der Waals surface area contributed by atoms with E-state index in [4.69, 9.17) is 18.9 Å². The number of likely N-dealkylation sites (N-methyl/N-ethyl adjacent to an activating group) is 1. The third-order valence-electron chi connectivity index (χ3n) is 10.6. The monoisotopic (exact) mass is 985 g/mol. The molecule has 2 unspecified atom stereocenters. The predicted molar refractivity (Wildman–Crippen MR) is 299 cm³/mol. The van der Waals surface area contributed by atoms with Crippen LogP contribution in [-0.2, 0) is 33.3 Å². The van der Waals surface area contributed by atoms with Crippen molar-refractivity contribution in [3.63, 3.8) is 0 Å². The number of ether oxygens (including phenoxy) is 4. The predicted octanol–water partition coefficient (Wildman–Crippen LogP) is 15.7. The molecule has 0 bridgehead atoms. The van der Waals surface area contributed by atoms with Gasteiger partial charge in [0, 0.05) is 12.8 Å². The molecule has 0 aromatic heterocycles. The van der Waals surface area contributed by atoms with Crippen molar-refractivity contribution in [3.8, 4) is 0 Å². The quantitative estimate of drug-likeness (QED) is 0.0211. The first kappa shape index (κ1) is 66.2. The molecule has 0 radical (unpaired) electrons. The van der Waals surface area contributed by atoms with Gasteiger partial charge in [-0.3, -0.25) is 9.59 Å². The summed E-state index contributed by atoms with van der Waals surface area (Å²) in [5.74, 6) is -2.10. The fourth-order valence-corrected chi connectivity index (χ4v) is 6.49. The van der Waals surface area contributed by atoms with Crippen molar-refractivity contribution >= 4 is 17.9 Å². The van der Waals surface area contributed by atoms with Crippen molar-refractivity contribution in [2.24, 2.45) is 0 Å². The minimum absolute atomic E-state index is 0.169. The van der Waals surface area contributed by atoms with Crippen molar-refractivity contribution in [1.82, 2.24) is 0 Å². The molecule has 0 aliphatic heterocycles. The highest BCUT2D eigenvalue weighted by Crippen LogP contribution is 2.12. The van der Waals surface area contributed by atoms with Crippen LogP contribution < -0.4 is 0 Å². The van der Waals surface area contributed by atoms with Crippen LogP contribution in [0.2, 0.25) is 0 Å². The van der Waals surface area contributed by atoms with E-state index in [0.29, 0.717) is 23.9 Å². The summed E-state index contributed by atoms with van der Waals surface area (Å²) in [6.07, 6.45) is 72.1. The number of aliphatic carboxylic acids is 1. The zero-order valence-electron chi connectivity index (χ0n) is 45.1. The van der Waals surface area contributed by atoms with E-state index < -0.39 is 24.3 Å². The van der Waals surface area contributed by atoms with E-state index in [2.05, 4.69) is 160 Å². The van der Waals surface area contributed by atoms with Crippen molar-refractivity contribution < 1.29 is 42.9 Å². The molecule has 71 heavy (non-hydrogen) atoms. The number of hydrogen-bond donors (Lipinski definition) is 1. The van der Waals surface area contributed by atoms with Gasteiger partial charge in [0.25, 0.3) is 6.29 Å². The highest BCUT2D eigenvalue weighted by molar-refractivity contribution is 5.71. The van der Waals surface area contributed by atoms with Crippen LogP contribution in [-0.4, -0.2) is 87.4 Å². The number of carbonyl (C=O) groups is 3. The first-order valence-electron chi connectivity index (χ1n) is 27.0. The molecule has 0 heterocycles. The zero-order valence-corrected chi connectivity index (χ0v) is 45.1. The van der Waals surface area contributed by atoms with Gasteiger partial charge in [0.2, 0.25) is 0 Å². The van der Waals surface area contributed by atoms with Crippen LogP contribution in [0.3, 0.4) is 0 Å². The fourth-order valence-electron chi connectivity index (χ4n) is 6.49. The van der Waals surface area contributed by atoms with Gasteiger partial charge in [-0.05, 0) is 116 Å². The summed E-state index contributed by atoms with van der Waals surface area (Å²) in [5.41, 5.74) is 0. The highest BCUT2D eigenvalue weighted by atomic mass is 16.7. The fraction of sp³-hybridized carbons (Fsp3) is 0.565. The molecule has 0 saturated carbocycles. The van der Waals surface area contributed by atoms with E-state index in [9.17, 15) is 19.5 Å². The summed E-state index contributed by atoms with van der Waals surface area (Å²) in [7, 11) is 5.93. The molecule has 0 aromatic rings. The largest absolute Gasteiger partial charge is 0.477 e. The molecule has 9 heteroatoms. The van der Waals surface area contributed by atoms with E-state index in [1.807, 2.05) is 21.1 Å². The van der Waals surface area contributed by atoms with Crippen LogP contribution in [0.5, 0.6) is 0 Å². The summed E-state index contributed by atoms with van der Waals surface area (Å²) < 4.78 is 22.7. The molecule has 0 amide bonds. The first-order chi connectivity index (χ1) is 34.6. The van der Waals surface area contributed by atoms with Gasteiger partial charge in [0.1, 0.15) is 13.2 Å². The van der Waals surface area contributed by atoms with Crippen LogP contribution in [0.25, 0.3) is 0 Å². The lowest BCUT2D eigenvalue weighted by Gasteiger charge is -2.25. The maximum atomic E-state index is 12.8. The Morgan fingerprint density at radius 3 is 1.14 bits per heavy atom. The molecular formula is C62H98NO8+. The van der Waals surface area contributed by atoms with E-state index >= 15 is 0 Å². The second-order valence-corrected chi connectivity index (χ2v) is 18.4. The average Bonchev–Trinajstić information content (AvgIpc) is 3.34. The number of hydrogen-bond acceptors (Lipinski definition) is 7. The van der Waals surface area contributed by atoms with E-state index in [0.717, 1.165) is 128 Å². The van der Waals surface area contributed by atoms with Crippen molar-refractivity contribution in [3.05, 3.63) is 146 Å². The Morgan fingerprint density at radius 1 is 0.423 bits per heavy atom. The lowest BCUT2D eigenvalue weighted by atomic mass is 10.1. The second-order valence-electron chi connectivity index (χ2n) is 18.4. The molecule has 0 aromatic carbocycles. The lowest BCUT2D eigenvalue weighted by Crippen LogP contribution is -2.40. The molecule has 0 rings (SSSR count). The number of rotatable bonds is 47. The van der Waals surface area contributed by atoms with Crippen molar-refractivity contribution in [2.75, 3.05) is 47.5 Å². The second kappa shape index (κ2) is 51.5. The van der Waals surface area contributed by atoms with Crippen LogP contribution in [0, 0.1) is 0 Å². The number of carboxylic acid groups (broad SMARTS) is 1. The van der Waals surface area contributed by atoms with Crippen LogP contribution >= 0.6 is 0 Å². The Kier molecular flexibility index (Phi) is 48.0. The van der Waals surface area contributed by atoms with E-state index in [-0.39, 0.29) is 38.6 Å². The van der Waals surface area contributed by atoms with E-state index in [1.165, 1.54) is 0 Å². The maximum Gasteiger partial charge on any atom is 0.361 e. The van der Waals surface area contributed by atoms with Gasteiger partial charge >= 0.3 is 17.9 Å². The number of carbonyl (C=O) groups excluding carboxylic acids is 2. The Labute approximate surface area is 432 Å². The van der Waals surface area contributed by atoms with Gasteiger partial charge in [0.05, 0.1) is 34.4 Å². The van der Waals surface area contributed by atoms with Crippen molar-refractivity contribution in [1.29, 1.82) is 0 Å². The maximum absolute atomic E-state index is 12.8. The summed E-state index contributed by atoms with van der Waals surface area (Å²) in [4.78, 5) is 37.3. The van der Waals surface area contributed by atoms with Crippen LogP contribution in [0.1, 0.15) is 168 Å². The Bertz CT molecular complexity index is 1670. The molecule has 0 aliphatic carbocycles. The van der Waals surface area contributed by atoms with Gasteiger partial charge in [-0.15, -0.1) is 0 Å². The van der Waals surface area contributed by atoms with Crippen LogP contribution in [0.4, 0.5) is 0 Å². The summed E-state index contributed by atoms with van der Waals surface area (Å²) in [6, 6.07) is 0. The molecule has 0 spiro atoms. The topological polar surface area (TPSA) is 108 Å². The minimum atomic E-state index is -1.53. The number of unbranched alkanes of at least 4 members (excludes halogenated alkanes) is 8. The highest BCUT2D eigenvalue weighted by Gasteiger charge is 2.25. The third-order valence-corrected chi connectivity index (χ3v) is 10.6. The van der Waals surface area contributed by atoms with Crippen molar-refractivity contribution in [2.45, 2.75) is 180 Å². The average molecular weight is 985 g/mol. The minimum Gasteiger partial charge on any atom is -0.477 e. The van der Waals surface area contributed by atoms with Gasteiger partial charge in [-0.25, -0.2) is 4.79 Å². The number of nitrogens with zero attached hydrogens (tertiary/aromatic N) is 1. The summed E-state index contributed by atoms with van der Waals surface area (Å²) in [5, 5.41) is 9.68. The van der Waals surface area contributed by atoms with Gasteiger partial charge in [0.15, 0.2) is 6.10 Å². The smallest absolute Gasteiger partial charge is 0.361 e. The molecule has 0 saturated heterocycles. The normalized spacial score (nSPS) is 14.0. The number of esters is 2. The molecule has 0 aliphatic rings. The molecule has 2 atom stereocenters. The number of allylic oxidation sites excluding steroid dienone is 24. The number of quaternary nitrogens is 1. The Hall–Kier alpha value is -4.83. The standard InChI is InChI=1S/C62H97NO8/c1-6-8-10-12-14-16-18-20-22-23-24-25-26-27-28-29-30-31-32-33-34-35-36-37-39-41-43-45-47-49-51-53-60(65)71-58(57-70-62(61(66)67)68-55-54-63(3,4)5)56-69-59(64)52-50-48-46-44-42-40-38-21-19-17-15-13-11-9-7-2/h8-11,14-17,20-22,24-25,27-28,30-31,33-34,36-38,41,43,58,62H,6-7,12-13,18-19,23,26,29,32,35,39-40,42,44-57H2,1-5H3/p+1/b10-8-,11-9-,16-14-,17-15-,22-20-,25-24-,28-27-,31-30-,34-33-,37-36-,38-21-,43-41-. The summed E-state index contributed by atoms with van der Waals surface area (Å²) in [6.45, 7) is 4.55. The van der Waals surface area contributed by atoms with Gasteiger partial charge < -0.3 is 28.5 Å². The Morgan fingerprint density at radius 2 is 0.761 bits per heavy atom. The third kappa shape index (κ3) is 52.8. The Balaban J connectivity index is 4.41. The molecule has 9 nitrogen and oxygen atoms in total. The van der Waals surface area contributed by atoms with Gasteiger partial charge in [-0.1, -0.05) is 185 Å². The molecule has 1 N–H and O–H groups in total. The molecule has 0 fully saturated rings. The first-order valence-corrected chi connectivity index (χ1v) is 27.0. The summed E-state index contributed by atoms with van der Waals surface area (Å²) >= 11 is 0. The number of carboxylic acids is 1. The molecular weight excluding hydrogens is 887 g/mol. The lowest BCUT2D eigenvalue weighted by molar-refractivity contribution is -0.870. The van der Waals surface area contributed by atoms with Crippen LogP contribution in [0.15, 0.2) is 146 Å². The van der Waals surface area contributed by atoms with E-state index in [1.54, 1.807) is 0 Å². The SMILES string of the molecule is CC/C=C\C/C=C\C/C=C\C/C=C\C/C=C\C/C=C\C/C=C\C/C=C\C/C=C\CCCCCC(=O)OC(COC(=O)CCCCCCC/C=C\C/C=C\C/C=C\CC)COC(OCC[N+](C)(C)C)C(=O)O. The molecule has 398 valence electrons. The zero-order chi connectivity index (χ0) is 52.0. The van der Waals surface area contributed by atoms with Gasteiger partial charge in [-0.2, -0.15) is 0 Å².